The van der Waals surface area contributed by atoms with Crippen LogP contribution in [0, 0.1) is 5.82 Å². The predicted molar refractivity (Wildman–Crippen MR) is 80.5 cm³/mol. The number of nitrogens with zero attached hydrogens (tertiary/aromatic N) is 1. The van der Waals surface area contributed by atoms with Crippen molar-refractivity contribution in [3.63, 3.8) is 0 Å². The fraction of sp³-hybridized carbons (Fsp3) is 0.312. The lowest BCUT2D eigenvalue weighted by molar-refractivity contribution is -0.139. The second-order valence-corrected chi connectivity index (χ2v) is 5.56. The van der Waals surface area contributed by atoms with Crippen LogP contribution in [-0.4, -0.2) is 18.7 Å². The molecule has 0 fully saturated rings. The van der Waals surface area contributed by atoms with E-state index in [0.29, 0.717) is 5.56 Å². The van der Waals surface area contributed by atoms with Crippen molar-refractivity contribution >= 4 is 11.6 Å². The van der Waals surface area contributed by atoms with Crippen LogP contribution in [0.1, 0.15) is 18.1 Å². The maximum atomic E-state index is 13.1. The first-order valence-electron chi connectivity index (χ1n) is 6.83. The number of rotatable bonds is 5. The fourth-order valence-corrected chi connectivity index (χ4v) is 2.33. The molecule has 0 saturated carbocycles. The minimum atomic E-state index is -4.71. The highest BCUT2D eigenvalue weighted by molar-refractivity contribution is 6.30. The largest absolute Gasteiger partial charge is 0.489 e. The summed E-state index contributed by atoms with van der Waals surface area (Å²) in [4.78, 5) is 3.43. The SMILES string of the molecule is COC(C)(COc1ccnc(Cl)c1C(F)(F)F)c1ccc(F)cc1. The summed E-state index contributed by atoms with van der Waals surface area (Å²) in [6.45, 7) is 1.38. The minimum Gasteiger partial charge on any atom is -0.489 e. The average molecular weight is 364 g/mol. The van der Waals surface area contributed by atoms with Crippen molar-refractivity contribution in [2.75, 3.05) is 13.7 Å². The van der Waals surface area contributed by atoms with Crippen LogP contribution in [0.3, 0.4) is 0 Å². The molecule has 1 atom stereocenters. The second-order valence-electron chi connectivity index (χ2n) is 5.20. The van der Waals surface area contributed by atoms with Crippen LogP contribution in [0.5, 0.6) is 5.75 Å². The molecule has 0 N–H and O–H groups in total. The van der Waals surface area contributed by atoms with Gasteiger partial charge in [0.1, 0.15) is 34.5 Å². The number of halogens is 5. The standard InChI is InChI=1S/C16H14ClF4NO2/c1-15(23-2,10-3-5-11(18)6-4-10)9-24-12-7-8-22-14(17)13(12)16(19,20)21/h3-8H,9H2,1-2H3. The monoisotopic (exact) mass is 363 g/mol. The van der Waals surface area contributed by atoms with Gasteiger partial charge in [-0.05, 0) is 30.7 Å². The van der Waals surface area contributed by atoms with Crippen LogP contribution >= 0.6 is 11.6 Å². The summed E-state index contributed by atoms with van der Waals surface area (Å²) < 4.78 is 63.0. The van der Waals surface area contributed by atoms with Crippen LogP contribution in [0.4, 0.5) is 17.6 Å². The van der Waals surface area contributed by atoms with Gasteiger partial charge in [0.25, 0.3) is 0 Å². The van der Waals surface area contributed by atoms with Crippen molar-refractivity contribution in [3.05, 3.63) is 58.6 Å². The zero-order chi connectivity index (χ0) is 18.0. The van der Waals surface area contributed by atoms with Crippen LogP contribution in [0.2, 0.25) is 5.15 Å². The number of pyridine rings is 1. The first-order valence-corrected chi connectivity index (χ1v) is 7.21. The maximum Gasteiger partial charge on any atom is 0.422 e. The lowest BCUT2D eigenvalue weighted by Crippen LogP contribution is -2.32. The van der Waals surface area contributed by atoms with Gasteiger partial charge in [-0.2, -0.15) is 13.2 Å². The van der Waals surface area contributed by atoms with Gasteiger partial charge in [0.05, 0.1) is 0 Å². The Morgan fingerprint density at radius 3 is 2.29 bits per heavy atom. The molecule has 8 heteroatoms. The van der Waals surface area contributed by atoms with Crippen molar-refractivity contribution < 1.29 is 27.0 Å². The summed E-state index contributed by atoms with van der Waals surface area (Å²) >= 11 is 5.55. The third-order valence-corrected chi connectivity index (χ3v) is 3.85. The van der Waals surface area contributed by atoms with Crippen molar-refractivity contribution in [2.24, 2.45) is 0 Å². The van der Waals surface area contributed by atoms with Gasteiger partial charge in [-0.1, -0.05) is 23.7 Å². The molecule has 0 amide bonds. The summed E-state index contributed by atoms with van der Waals surface area (Å²) in [7, 11) is 1.39. The number of aromatic nitrogens is 1. The average Bonchev–Trinajstić information content (AvgIpc) is 2.52. The molecule has 0 aliphatic rings. The molecule has 24 heavy (non-hydrogen) atoms. The predicted octanol–water partition coefficient (Wildman–Crippen LogP) is 4.83. The Morgan fingerprint density at radius 1 is 1.12 bits per heavy atom. The van der Waals surface area contributed by atoms with Crippen LogP contribution in [0.15, 0.2) is 36.5 Å². The van der Waals surface area contributed by atoms with Crippen LogP contribution < -0.4 is 4.74 Å². The Balaban J connectivity index is 2.29. The van der Waals surface area contributed by atoms with Gasteiger partial charge in [0, 0.05) is 13.3 Å². The van der Waals surface area contributed by atoms with E-state index in [1.54, 1.807) is 6.92 Å². The maximum absolute atomic E-state index is 13.1. The number of alkyl halides is 3. The molecular formula is C16H14ClF4NO2. The highest BCUT2D eigenvalue weighted by Crippen LogP contribution is 2.40. The van der Waals surface area contributed by atoms with Gasteiger partial charge in [-0.15, -0.1) is 0 Å². The summed E-state index contributed by atoms with van der Waals surface area (Å²) in [5, 5.41) is -0.694. The number of ether oxygens (including phenoxy) is 2. The zero-order valence-electron chi connectivity index (χ0n) is 12.8. The quantitative estimate of drug-likeness (QED) is 0.563. The van der Waals surface area contributed by atoms with Gasteiger partial charge in [0.15, 0.2) is 0 Å². The third-order valence-electron chi connectivity index (χ3n) is 3.56. The Kier molecular flexibility index (Phi) is 5.35. The van der Waals surface area contributed by atoms with E-state index in [-0.39, 0.29) is 6.61 Å². The van der Waals surface area contributed by atoms with Crippen molar-refractivity contribution in [3.8, 4) is 5.75 Å². The van der Waals surface area contributed by atoms with E-state index < -0.39 is 34.1 Å². The summed E-state index contributed by atoms with van der Waals surface area (Å²) in [6.07, 6.45) is -3.59. The van der Waals surface area contributed by atoms with E-state index in [0.717, 1.165) is 12.3 Å². The third kappa shape index (κ3) is 3.96. The van der Waals surface area contributed by atoms with E-state index in [4.69, 9.17) is 21.1 Å². The molecule has 2 rings (SSSR count). The van der Waals surface area contributed by atoms with E-state index in [1.807, 2.05) is 0 Å². The van der Waals surface area contributed by atoms with Crippen LogP contribution in [0.25, 0.3) is 0 Å². The number of hydrogen-bond donors (Lipinski definition) is 0. The Bertz CT molecular complexity index is 706. The molecule has 0 radical (unpaired) electrons. The van der Waals surface area contributed by atoms with E-state index in [2.05, 4.69) is 4.98 Å². The van der Waals surface area contributed by atoms with E-state index >= 15 is 0 Å². The molecular weight excluding hydrogens is 350 g/mol. The molecule has 0 aliphatic heterocycles. The molecule has 0 bridgehead atoms. The molecule has 2 aromatic rings. The first kappa shape index (κ1) is 18.5. The Labute approximate surface area is 141 Å². The van der Waals surface area contributed by atoms with Gasteiger partial charge in [-0.25, -0.2) is 9.37 Å². The Hall–Kier alpha value is -1.86. The van der Waals surface area contributed by atoms with E-state index in [1.165, 1.54) is 31.4 Å². The molecule has 1 heterocycles. The normalized spacial score (nSPS) is 14.3. The van der Waals surface area contributed by atoms with E-state index in [9.17, 15) is 17.6 Å². The lowest BCUT2D eigenvalue weighted by atomic mass is 9.96. The molecule has 1 aromatic carbocycles. The molecule has 1 unspecified atom stereocenters. The fourth-order valence-electron chi connectivity index (χ4n) is 2.07. The highest BCUT2D eigenvalue weighted by atomic mass is 35.5. The zero-order valence-corrected chi connectivity index (χ0v) is 13.6. The number of hydrogen-bond acceptors (Lipinski definition) is 3. The smallest absolute Gasteiger partial charge is 0.422 e. The van der Waals surface area contributed by atoms with Gasteiger partial charge in [-0.3, -0.25) is 0 Å². The molecule has 0 spiro atoms. The summed E-state index contributed by atoms with van der Waals surface area (Å²) in [6, 6.07) is 6.50. The van der Waals surface area contributed by atoms with Gasteiger partial charge in [0.2, 0.25) is 0 Å². The van der Waals surface area contributed by atoms with Crippen molar-refractivity contribution in [1.29, 1.82) is 0 Å². The topological polar surface area (TPSA) is 31.4 Å². The number of methoxy groups -OCH3 is 1. The van der Waals surface area contributed by atoms with Gasteiger partial charge >= 0.3 is 6.18 Å². The molecule has 130 valence electrons. The highest BCUT2D eigenvalue weighted by Gasteiger charge is 2.38. The molecule has 1 aromatic heterocycles. The van der Waals surface area contributed by atoms with Gasteiger partial charge < -0.3 is 9.47 Å². The molecule has 0 aliphatic carbocycles. The molecule has 0 saturated heterocycles. The minimum absolute atomic E-state index is 0.238. The van der Waals surface area contributed by atoms with Crippen LogP contribution in [-0.2, 0) is 16.5 Å². The van der Waals surface area contributed by atoms with Crippen molar-refractivity contribution in [2.45, 2.75) is 18.7 Å². The lowest BCUT2D eigenvalue weighted by Gasteiger charge is -2.29. The number of benzene rings is 1. The first-order chi connectivity index (χ1) is 11.2. The van der Waals surface area contributed by atoms with Crippen molar-refractivity contribution in [1.82, 2.24) is 4.98 Å². The summed E-state index contributed by atoms with van der Waals surface area (Å²) in [5.74, 6) is -0.883. The second kappa shape index (κ2) is 6.94. The molecule has 3 nitrogen and oxygen atoms in total. The Morgan fingerprint density at radius 2 is 1.75 bits per heavy atom. The summed E-state index contributed by atoms with van der Waals surface area (Å²) in [5.41, 5.74) is -1.67.